The Morgan fingerprint density at radius 1 is 1.56 bits per heavy atom. The number of nitrogens with zero attached hydrogens (tertiary/aromatic N) is 2. The van der Waals surface area contributed by atoms with Crippen molar-refractivity contribution in [1.82, 2.24) is 9.38 Å². The van der Waals surface area contributed by atoms with Gasteiger partial charge in [-0.1, -0.05) is 6.92 Å². The van der Waals surface area contributed by atoms with Gasteiger partial charge in [0.1, 0.15) is 5.65 Å². The fourth-order valence-electron chi connectivity index (χ4n) is 1.75. The number of hydrogen-bond acceptors (Lipinski definition) is 3. The Balaban J connectivity index is 2.71. The number of aliphatic hydroxyl groups is 1. The van der Waals surface area contributed by atoms with Crippen LogP contribution in [0, 0.1) is 0 Å². The average molecular weight is 220 g/mol. The van der Waals surface area contributed by atoms with Crippen LogP contribution in [0.25, 0.3) is 5.65 Å². The second kappa shape index (κ2) is 3.94. The second-order valence-corrected chi connectivity index (χ2v) is 3.49. The number of aryl methyl sites for hydroxylation is 1. The number of aromatic carboxylic acids is 1. The molecule has 0 aromatic carbocycles. The third-order valence-corrected chi connectivity index (χ3v) is 2.51. The van der Waals surface area contributed by atoms with Crippen molar-refractivity contribution < 1.29 is 15.0 Å². The zero-order chi connectivity index (χ0) is 11.7. The molecule has 0 fully saturated rings. The minimum atomic E-state index is -1.02. The summed E-state index contributed by atoms with van der Waals surface area (Å²) in [5, 5.41) is 18.0. The van der Waals surface area contributed by atoms with Crippen molar-refractivity contribution in [2.24, 2.45) is 0 Å². The first kappa shape index (κ1) is 10.6. The van der Waals surface area contributed by atoms with E-state index in [0.717, 1.165) is 5.56 Å². The van der Waals surface area contributed by atoms with Gasteiger partial charge in [0, 0.05) is 6.20 Å². The van der Waals surface area contributed by atoms with Crippen molar-refractivity contribution in [3.05, 3.63) is 35.3 Å². The molecule has 2 N–H and O–H groups in total. The number of carboxylic acid groups (broad SMARTS) is 1. The van der Waals surface area contributed by atoms with Crippen LogP contribution in [0.2, 0.25) is 0 Å². The van der Waals surface area contributed by atoms with E-state index in [1.165, 1.54) is 0 Å². The van der Waals surface area contributed by atoms with Crippen LogP contribution in [0.15, 0.2) is 18.3 Å². The third kappa shape index (κ3) is 1.55. The lowest BCUT2D eigenvalue weighted by Gasteiger charge is -2.00. The van der Waals surface area contributed by atoms with Crippen LogP contribution in [0.3, 0.4) is 0 Å². The van der Waals surface area contributed by atoms with E-state index in [2.05, 4.69) is 4.98 Å². The first-order valence-corrected chi connectivity index (χ1v) is 5.01. The van der Waals surface area contributed by atoms with E-state index in [-0.39, 0.29) is 12.3 Å². The molecule has 0 saturated heterocycles. The van der Waals surface area contributed by atoms with Crippen LogP contribution in [-0.2, 0) is 13.0 Å². The maximum atomic E-state index is 11.0. The van der Waals surface area contributed by atoms with Crippen LogP contribution < -0.4 is 0 Å². The molecule has 0 bridgehead atoms. The van der Waals surface area contributed by atoms with E-state index in [1.54, 1.807) is 22.7 Å². The average Bonchev–Trinajstić information content (AvgIpc) is 2.66. The van der Waals surface area contributed by atoms with Gasteiger partial charge in [0.25, 0.3) is 0 Å². The standard InChI is InChI=1S/C11H12N2O3/c1-2-8-10(11(15)16)12-9-5-7(6-14)3-4-13(8)9/h3-5,14H,2,6H2,1H3,(H,15,16). The van der Waals surface area contributed by atoms with Gasteiger partial charge in [-0.15, -0.1) is 0 Å². The number of pyridine rings is 1. The highest BCUT2D eigenvalue weighted by atomic mass is 16.4. The lowest BCUT2D eigenvalue weighted by molar-refractivity contribution is 0.0690. The highest BCUT2D eigenvalue weighted by Gasteiger charge is 2.16. The lowest BCUT2D eigenvalue weighted by atomic mass is 10.2. The molecule has 2 aromatic rings. The lowest BCUT2D eigenvalue weighted by Crippen LogP contribution is -2.02. The van der Waals surface area contributed by atoms with Crippen LogP contribution in [0.1, 0.15) is 28.7 Å². The monoisotopic (exact) mass is 220 g/mol. The highest BCUT2D eigenvalue weighted by molar-refractivity contribution is 5.88. The predicted octanol–water partition coefficient (Wildman–Crippen LogP) is 1.09. The van der Waals surface area contributed by atoms with Gasteiger partial charge in [-0.25, -0.2) is 9.78 Å². The predicted molar refractivity (Wildman–Crippen MR) is 57.5 cm³/mol. The van der Waals surface area contributed by atoms with Crippen LogP contribution in [0.5, 0.6) is 0 Å². The number of aliphatic hydroxyl groups excluding tert-OH is 1. The molecule has 5 heteroatoms. The van der Waals surface area contributed by atoms with Crippen molar-refractivity contribution in [3.8, 4) is 0 Å². The summed E-state index contributed by atoms with van der Waals surface area (Å²) >= 11 is 0. The Morgan fingerprint density at radius 3 is 2.88 bits per heavy atom. The minimum Gasteiger partial charge on any atom is -0.476 e. The topological polar surface area (TPSA) is 74.8 Å². The number of fused-ring (bicyclic) bond motifs is 1. The summed E-state index contributed by atoms with van der Waals surface area (Å²) in [6, 6.07) is 3.44. The summed E-state index contributed by atoms with van der Waals surface area (Å²) in [5.41, 5.74) is 2.03. The van der Waals surface area contributed by atoms with E-state index >= 15 is 0 Å². The van der Waals surface area contributed by atoms with Gasteiger partial charge in [0.15, 0.2) is 5.69 Å². The maximum absolute atomic E-state index is 11.0. The van der Waals surface area contributed by atoms with E-state index < -0.39 is 5.97 Å². The fraction of sp³-hybridized carbons (Fsp3) is 0.273. The molecule has 5 nitrogen and oxygen atoms in total. The zero-order valence-corrected chi connectivity index (χ0v) is 8.84. The van der Waals surface area contributed by atoms with E-state index in [9.17, 15) is 4.79 Å². The summed E-state index contributed by atoms with van der Waals surface area (Å²) < 4.78 is 1.74. The molecule has 2 heterocycles. The van der Waals surface area contributed by atoms with Crippen molar-refractivity contribution in [3.63, 3.8) is 0 Å². The van der Waals surface area contributed by atoms with Gasteiger partial charge in [-0.3, -0.25) is 0 Å². The number of rotatable bonds is 3. The first-order chi connectivity index (χ1) is 7.67. The summed E-state index contributed by atoms with van der Waals surface area (Å²) in [6.45, 7) is 1.81. The van der Waals surface area contributed by atoms with E-state index in [0.29, 0.717) is 17.8 Å². The Morgan fingerprint density at radius 2 is 2.31 bits per heavy atom. The van der Waals surface area contributed by atoms with Crippen LogP contribution >= 0.6 is 0 Å². The van der Waals surface area contributed by atoms with Gasteiger partial charge < -0.3 is 14.6 Å². The van der Waals surface area contributed by atoms with E-state index in [4.69, 9.17) is 10.2 Å². The molecule has 0 aliphatic rings. The number of hydrogen-bond donors (Lipinski definition) is 2. The summed E-state index contributed by atoms with van der Waals surface area (Å²) in [6.07, 6.45) is 2.33. The number of carbonyl (C=O) groups is 1. The molecule has 0 amide bonds. The summed E-state index contributed by atoms with van der Waals surface area (Å²) in [4.78, 5) is 15.0. The van der Waals surface area contributed by atoms with Gasteiger partial charge in [0.2, 0.25) is 0 Å². The molecule has 0 unspecified atom stereocenters. The molecule has 16 heavy (non-hydrogen) atoms. The van der Waals surface area contributed by atoms with E-state index in [1.807, 2.05) is 6.92 Å². The van der Waals surface area contributed by atoms with Crippen LogP contribution in [-0.4, -0.2) is 25.6 Å². The molecule has 0 aliphatic carbocycles. The third-order valence-electron chi connectivity index (χ3n) is 2.51. The Kier molecular flexibility index (Phi) is 2.62. The molecule has 2 aromatic heterocycles. The normalized spacial score (nSPS) is 10.9. The summed E-state index contributed by atoms with van der Waals surface area (Å²) in [5.74, 6) is -1.02. The maximum Gasteiger partial charge on any atom is 0.356 e. The molecule has 0 saturated carbocycles. The highest BCUT2D eigenvalue weighted by Crippen LogP contribution is 2.15. The number of carboxylic acids is 1. The van der Waals surface area contributed by atoms with Crippen LogP contribution in [0.4, 0.5) is 0 Å². The quantitative estimate of drug-likeness (QED) is 0.811. The van der Waals surface area contributed by atoms with Gasteiger partial charge >= 0.3 is 5.97 Å². The Labute approximate surface area is 92.0 Å². The number of imidazole rings is 1. The first-order valence-electron chi connectivity index (χ1n) is 5.01. The SMILES string of the molecule is CCc1c(C(=O)O)nc2cc(CO)ccn12. The number of aromatic nitrogens is 2. The largest absolute Gasteiger partial charge is 0.476 e. The van der Waals surface area contributed by atoms with Crippen molar-refractivity contribution >= 4 is 11.6 Å². The molecule has 0 atom stereocenters. The van der Waals surface area contributed by atoms with Gasteiger partial charge in [-0.2, -0.15) is 0 Å². The molecule has 2 rings (SSSR count). The smallest absolute Gasteiger partial charge is 0.356 e. The molecular formula is C11H12N2O3. The fourth-order valence-corrected chi connectivity index (χ4v) is 1.75. The second-order valence-electron chi connectivity index (χ2n) is 3.49. The van der Waals surface area contributed by atoms with Gasteiger partial charge in [-0.05, 0) is 24.1 Å². The molecule has 0 aliphatic heterocycles. The Bertz CT molecular complexity index is 545. The molecule has 84 valence electrons. The summed E-state index contributed by atoms with van der Waals surface area (Å²) in [7, 11) is 0. The zero-order valence-electron chi connectivity index (χ0n) is 8.84. The van der Waals surface area contributed by atoms with Gasteiger partial charge in [0.05, 0.1) is 12.3 Å². The van der Waals surface area contributed by atoms with Crippen molar-refractivity contribution in [1.29, 1.82) is 0 Å². The Hall–Kier alpha value is -1.88. The van der Waals surface area contributed by atoms with Crippen molar-refractivity contribution in [2.45, 2.75) is 20.0 Å². The molecular weight excluding hydrogens is 208 g/mol. The molecule has 0 spiro atoms. The molecule has 0 radical (unpaired) electrons. The van der Waals surface area contributed by atoms with Crippen molar-refractivity contribution in [2.75, 3.05) is 0 Å². The minimum absolute atomic E-state index is 0.0762.